The van der Waals surface area contributed by atoms with Crippen LogP contribution in [0.2, 0.25) is 0 Å². The van der Waals surface area contributed by atoms with Gasteiger partial charge < -0.3 is 4.90 Å². The third kappa shape index (κ3) is 2.04. The van der Waals surface area contributed by atoms with Crippen LogP contribution in [0.4, 0.5) is 0 Å². The van der Waals surface area contributed by atoms with E-state index in [1.807, 2.05) is 0 Å². The summed E-state index contributed by atoms with van der Waals surface area (Å²) in [5, 5.41) is 3.33. The fraction of sp³-hybridized carbons (Fsp3) is 0.500. The lowest BCUT2D eigenvalue weighted by atomic mass is 9.91. The average Bonchev–Trinajstić information content (AvgIpc) is 2.70. The molecule has 1 amide bonds. The molecule has 1 aliphatic carbocycles. The van der Waals surface area contributed by atoms with Gasteiger partial charge in [-0.1, -0.05) is 12.1 Å². The van der Waals surface area contributed by atoms with Gasteiger partial charge in [-0.3, -0.25) is 10.1 Å². The SMILES string of the molecule is CSc1ccc(C2NCC(=O)N2C2CCC2)cc1. The molecule has 0 bridgehead atoms. The summed E-state index contributed by atoms with van der Waals surface area (Å²) in [6.07, 6.45) is 5.73. The Morgan fingerprint density at radius 3 is 2.56 bits per heavy atom. The molecule has 2 fully saturated rings. The standard InChI is InChI=1S/C14H18N2OS/c1-18-12-7-5-10(6-8-12)14-15-9-13(17)16(14)11-3-2-4-11/h5-8,11,14-15H,2-4,9H2,1H3. The van der Waals surface area contributed by atoms with Gasteiger partial charge in [-0.2, -0.15) is 0 Å². The number of carbonyl (C=O) groups excluding carboxylic acids is 1. The fourth-order valence-electron chi connectivity index (χ4n) is 2.66. The first-order chi connectivity index (χ1) is 8.79. The Kier molecular flexibility index (Phi) is 3.31. The molecule has 1 aromatic carbocycles. The van der Waals surface area contributed by atoms with Crippen LogP contribution in [0.1, 0.15) is 31.0 Å². The van der Waals surface area contributed by atoms with Crippen molar-refractivity contribution in [3.8, 4) is 0 Å². The van der Waals surface area contributed by atoms with Gasteiger partial charge in [0, 0.05) is 10.9 Å². The minimum atomic E-state index is 0.0821. The van der Waals surface area contributed by atoms with Gasteiger partial charge in [-0.15, -0.1) is 11.8 Å². The van der Waals surface area contributed by atoms with E-state index < -0.39 is 0 Å². The Bertz CT molecular complexity index is 442. The normalized spacial score (nSPS) is 24.4. The Morgan fingerprint density at radius 1 is 1.28 bits per heavy atom. The van der Waals surface area contributed by atoms with Crippen molar-refractivity contribution in [3.05, 3.63) is 29.8 Å². The first kappa shape index (κ1) is 12.1. The minimum Gasteiger partial charge on any atom is -0.319 e. The molecule has 4 heteroatoms. The van der Waals surface area contributed by atoms with E-state index in [4.69, 9.17) is 0 Å². The van der Waals surface area contributed by atoms with Crippen molar-refractivity contribution in [3.63, 3.8) is 0 Å². The van der Waals surface area contributed by atoms with Crippen LogP contribution in [0.5, 0.6) is 0 Å². The van der Waals surface area contributed by atoms with Crippen LogP contribution in [0.25, 0.3) is 0 Å². The second-order valence-electron chi connectivity index (χ2n) is 4.94. The van der Waals surface area contributed by atoms with Crippen molar-refractivity contribution in [1.82, 2.24) is 10.2 Å². The van der Waals surface area contributed by atoms with Crippen molar-refractivity contribution in [2.75, 3.05) is 12.8 Å². The van der Waals surface area contributed by atoms with Gasteiger partial charge in [0.1, 0.15) is 6.17 Å². The van der Waals surface area contributed by atoms with E-state index in [1.165, 1.54) is 16.9 Å². The van der Waals surface area contributed by atoms with Gasteiger partial charge >= 0.3 is 0 Å². The van der Waals surface area contributed by atoms with Crippen molar-refractivity contribution in [2.24, 2.45) is 0 Å². The molecule has 1 heterocycles. The number of rotatable bonds is 3. The van der Waals surface area contributed by atoms with Crippen molar-refractivity contribution >= 4 is 17.7 Å². The molecular formula is C14H18N2OS. The van der Waals surface area contributed by atoms with E-state index >= 15 is 0 Å². The van der Waals surface area contributed by atoms with Crippen LogP contribution in [-0.4, -0.2) is 29.6 Å². The summed E-state index contributed by atoms with van der Waals surface area (Å²) in [6, 6.07) is 8.98. The Hall–Kier alpha value is -1.00. The summed E-state index contributed by atoms with van der Waals surface area (Å²) >= 11 is 1.74. The lowest BCUT2D eigenvalue weighted by molar-refractivity contribution is -0.132. The zero-order chi connectivity index (χ0) is 12.5. The maximum absolute atomic E-state index is 12.0. The summed E-state index contributed by atoms with van der Waals surface area (Å²) in [4.78, 5) is 15.3. The van der Waals surface area contributed by atoms with E-state index in [2.05, 4.69) is 40.7 Å². The van der Waals surface area contributed by atoms with Gasteiger partial charge in [-0.05, 0) is 43.2 Å². The zero-order valence-corrected chi connectivity index (χ0v) is 11.4. The lowest BCUT2D eigenvalue weighted by Crippen LogP contribution is -2.43. The molecule has 1 saturated heterocycles. The molecule has 2 aliphatic rings. The largest absolute Gasteiger partial charge is 0.319 e. The summed E-state index contributed by atoms with van der Waals surface area (Å²) in [6.45, 7) is 0.478. The maximum Gasteiger partial charge on any atom is 0.238 e. The lowest BCUT2D eigenvalue weighted by Gasteiger charge is -2.38. The number of hydrogen-bond acceptors (Lipinski definition) is 3. The Balaban J connectivity index is 1.82. The van der Waals surface area contributed by atoms with Gasteiger partial charge in [0.2, 0.25) is 5.91 Å². The molecule has 96 valence electrons. The first-order valence-corrected chi connectivity index (χ1v) is 7.70. The maximum atomic E-state index is 12.0. The molecule has 18 heavy (non-hydrogen) atoms. The third-order valence-corrected chi connectivity index (χ3v) is 4.66. The number of nitrogens with one attached hydrogen (secondary N) is 1. The zero-order valence-electron chi connectivity index (χ0n) is 10.6. The fourth-order valence-corrected chi connectivity index (χ4v) is 3.07. The molecule has 1 atom stereocenters. The van der Waals surface area contributed by atoms with E-state index in [1.54, 1.807) is 11.8 Å². The van der Waals surface area contributed by atoms with E-state index in [0.717, 1.165) is 12.8 Å². The highest BCUT2D eigenvalue weighted by atomic mass is 32.2. The Morgan fingerprint density at radius 2 is 2.00 bits per heavy atom. The molecule has 1 saturated carbocycles. The monoisotopic (exact) mass is 262 g/mol. The smallest absolute Gasteiger partial charge is 0.238 e. The van der Waals surface area contributed by atoms with Gasteiger partial charge in [0.15, 0.2) is 0 Å². The molecule has 0 aromatic heterocycles. The summed E-state index contributed by atoms with van der Waals surface area (Å²) < 4.78 is 0. The van der Waals surface area contributed by atoms with Crippen molar-refractivity contribution < 1.29 is 4.79 Å². The highest BCUT2D eigenvalue weighted by molar-refractivity contribution is 7.98. The number of hydrogen-bond donors (Lipinski definition) is 1. The second-order valence-corrected chi connectivity index (χ2v) is 5.82. The average molecular weight is 262 g/mol. The van der Waals surface area contributed by atoms with Gasteiger partial charge in [0.05, 0.1) is 6.54 Å². The molecule has 3 nitrogen and oxygen atoms in total. The molecular weight excluding hydrogens is 244 g/mol. The molecule has 3 rings (SSSR count). The van der Waals surface area contributed by atoms with Crippen molar-refractivity contribution in [2.45, 2.75) is 36.4 Å². The van der Waals surface area contributed by atoms with Crippen LogP contribution in [0.3, 0.4) is 0 Å². The topological polar surface area (TPSA) is 32.3 Å². The van der Waals surface area contributed by atoms with Crippen LogP contribution >= 0.6 is 11.8 Å². The van der Waals surface area contributed by atoms with Crippen LogP contribution in [0.15, 0.2) is 29.2 Å². The second kappa shape index (κ2) is 4.94. The van der Waals surface area contributed by atoms with Crippen LogP contribution < -0.4 is 5.32 Å². The predicted octanol–water partition coefficient (Wildman–Crippen LogP) is 2.39. The summed E-state index contributed by atoms with van der Waals surface area (Å²) in [5.41, 5.74) is 1.20. The number of carbonyl (C=O) groups is 1. The van der Waals surface area contributed by atoms with Crippen LogP contribution in [-0.2, 0) is 4.79 Å². The quantitative estimate of drug-likeness (QED) is 0.849. The molecule has 0 radical (unpaired) electrons. The molecule has 0 spiro atoms. The van der Waals surface area contributed by atoms with Gasteiger partial charge in [-0.25, -0.2) is 0 Å². The van der Waals surface area contributed by atoms with Crippen molar-refractivity contribution in [1.29, 1.82) is 0 Å². The van der Waals surface area contributed by atoms with E-state index in [-0.39, 0.29) is 12.1 Å². The molecule has 1 unspecified atom stereocenters. The highest BCUT2D eigenvalue weighted by Gasteiger charge is 2.38. The third-order valence-electron chi connectivity index (χ3n) is 3.91. The summed E-state index contributed by atoms with van der Waals surface area (Å²) in [5.74, 6) is 0.249. The minimum absolute atomic E-state index is 0.0821. The highest BCUT2D eigenvalue weighted by Crippen LogP contribution is 2.34. The Labute approximate surface area is 112 Å². The number of nitrogens with zero attached hydrogens (tertiary/aromatic N) is 1. The first-order valence-electron chi connectivity index (χ1n) is 6.48. The van der Waals surface area contributed by atoms with Gasteiger partial charge in [0.25, 0.3) is 0 Å². The predicted molar refractivity (Wildman–Crippen MR) is 73.5 cm³/mol. The molecule has 1 aliphatic heterocycles. The van der Waals surface area contributed by atoms with Crippen LogP contribution in [0, 0.1) is 0 Å². The van der Waals surface area contributed by atoms with E-state index in [0.29, 0.717) is 12.6 Å². The van der Waals surface area contributed by atoms with E-state index in [9.17, 15) is 4.79 Å². The molecule has 1 aromatic rings. The number of amides is 1. The number of benzene rings is 1. The summed E-state index contributed by atoms with van der Waals surface area (Å²) in [7, 11) is 0. The number of thioether (sulfide) groups is 1. The molecule has 1 N–H and O–H groups in total.